The van der Waals surface area contributed by atoms with E-state index in [1.807, 2.05) is 29.2 Å². The lowest BCUT2D eigenvalue weighted by Gasteiger charge is -2.37. The van der Waals surface area contributed by atoms with Crippen LogP contribution in [0.2, 0.25) is 0 Å². The largest absolute Gasteiger partial charge is 0.495 e. The molecule has 1 atom stereocenters. The molecule has 148 valence electrons. The van der Waals surface area contributed by atoms with Crippen molar-refractivity contribution in [3.63, 3.8) is 0 Å². The number of carbonyl (C=O) groups is 2. The highest BCUT2D eigenvalue weighted by Gasteiger charge is 2.37. The standard InChI is InChI=1S/C20H29N3O4/c1-26-13-5-8-23-15-16(14-19(23)24)20(25)22-11-9-21(10-12-22)17-6-3-4-7-18(17)27-2/h3-4,6-7,16H,5,8-15H2,1-2H3. The van der Waals surface area contributed by atoms with Crippen LogP contribution in [0.15, 0.2) is 24.3 Å². The van der Waals surface area contributed by atoms with Gasteiger partial charge in [0.25, 0.3) is 0 Å². The van der Waals surface area contributed by atoms with Crippen LogP contribution in [0.4, 0.5) is 5.69 Å². The second-order valence-corrected chi connectivity index (χ2v) is 7.07. The minimum atomic E-state index is -0.210. The summed E-state index contributed by atoms with van der Waals surface area (Å²) in [6, 6.07) is 7.95. The first-order valence-electron chi connectivity index (χ1n) is 9.57. The molecule has 0 spiro atoms. The Morgan fingerprint density at radius 2 is 1.89 bits per heavy atom. The lowest BCUT2D eigenvalue weighted by Crippen LogP contribution is -2.50. The van der Waals surface area contributed by atoms with Gasteiger partial charge < -0.3 is 24.2 Å². The van der Waals surface area contributed by atoms with E-state index in [2.05, 4.69) is 4.90 Å². The van der Waals surface area contributed by atoms with E-state index < -0.39 is 0 Å². The molecule has 1 aromatic carbocycles. The van der Waals surface area contributed by atoms with Crippen molar-refractivity contribution >= 4 is 17.5 Å². The van der Waals surface area contributed by atoms with Crippen molar-refractivity contribution < 1.29 is 19.1 Å². The first kappa shape index (κ1) is 19.5. The molecule has 2 amide bonds. The van der Waals surface area contributed by atoms with Gasteiger partial charge in [0.05, 0.1) is 18.7 Å². The van der Waals surface area contributed by atoms with Crippen molar-refractivity contribution in [3.8, 4) is 5.75 Å². The van der Waals surface area contributed by atoms with E-state index >= 15 is 0 Å². The minimum Gasteiger partial charge on any atom is -0.495 e. The van der Waals surface area contributed by atoms with Crippen LogP contribution in [0.25, 0.3) is 0 Å². The molecule has 1 unspecified atom stereocenters. The van der Waals surface area contributed by atoms with Crippen molar-refractivity contribution in [3.05, 3.63) is 24.3 Å². The fourth-order valence-corrected chi connectivity index (χ4v) is 3.87. The quantitative estimate of drug-likeness (QED) is 0.671. The number of amides is 2. The first-order chi connectivity index (χ1) is 13.1. The molecule has 2 fully saturated rings. The van der Waals surface area contributed by atoms with Gasteiger partial charge in [-0.1, -0.05) is 12.1 Å². The summed E-state index contributed by atoms with van der Waals surface area (Å²) < 4.78 is 10.5. The Kier molecular flexibility index (Phi) is 6.55. The predicted molar refractivity (Wildman–Crippen MR) is 103 cm³/mol. The van der Waals surface area contributed by atoms with Gasteiger partial charge in [-0.05, 0) is 18.6 Å². The molecule has 1 aromatic rings. The highest BCUT2D eigenvalue weighted by Crippen LogP contribution is 2.29. The molecule has 0 saturated carbocycles. The number of methoxy groups -OCH3 is 2. The predicted octanol–water partition coefficient (Wildman–Crippen LogP) is 1.23. The first-order valence-corrected chi connectivity index (χ1v) is 9.57. The number of piperazine rings is 1. The summed E-state index contributed by atoms with van der Waals surface area (Å²) in [6.07, 6.45) is 1.14. The zero-order valence-electron chi connectivity index (χ0n) is 16.2. The maximum atomic E-state index is 12.9. The molecular formula is C20H29N3O4. The van der Waals surface area contributed by atoms with Gasteiger partial charge in [0.15, 0.2) is 0 Å². The van der Waals surface area contributed by atoms with E-state index in [0.717, 1.165) is 30.9 Å². The van der Waals surface area contributed by atoms with Crippen molar-refractivity contribution in [2.45, 2.75) is 12.8 Å². The van der Waals surface area contributed by atoms with Gasteiger partial charge in [0, 0.05) is 59.4 Å². The molecule has 0 bridgehead atoms. The zero-order valence-corrected chi connectivity index (χ0v) is 16.2. The third-order valence-corrected chi connectivity index (χ3v) is 5.36. The Morgan fingerprint density at radius 1 is 1.15 bits per heavy atom. The second kappa shape index (κ2) is 9.08. The third-order valence-electron chi connectivity index (χ3n) is 5.36. The number of nitrogens with zero attached hydrogens (tertiary/aromatic N) is 3. The fourth-order valence-electron chi connectivity index (χ4n) is 3.87. The van der Waals surface area contributed by atoms with Crippen molar-refractivity contribution in [2.75, 3.05) is 65.0 Å². The van der Waals surface area contributed by atoms with Crippen LogP contribution in [0.1, 0.15) is 12.8 Å². The molecule has 0 aliphatic carbocycles. The molecule has 2 aliphatic rings. The number of likely N-dealkylation sites (tertiary alicyclic amines) is 1. The SMILES string of the molecule is COCCCN1CC(C(=O)N2CCN(c3ccccc3OC)CC2)CC1=O. The number of para-hydroxylation sites is 2. The number of anilines is 1. The highest BCUT2D eigenvalue weighted by molar-refractivity contribution is 5.89. The van der Waals surface area contributed by atoms with E-state index in [1.54, 1.807) is 19.1 Å². The molecule has 2 aliphatic heterocycles. The van der Waals surface area contributed by atoms with Gasteiger partial charge in [-0.2, -0.15) is 0 Å². The van der Waals surface area contributed by atoms with Crippen LogP contribution in [-0.4, -0.2) is 81.7 Å². The average molecular weight is 375 g/mol. The molecule has 3 rings (SSSR count). The molecule has 0 aromatic heterocycles. The van der Waals surface area contributed by atoms with Gasteiger partial charge >= 0.3 is 0 Å². The number of benzene rings is 1. The summed E-state index contributed by atoms with van der Waals surface area (Å²) in [5, 5.41) is 0. The highest BCUT2D eigenvalue weighted by atomic mass is 16.5. The fraction of sp³-hybridized carbons (Fsp3) is 0.600. The smallest absolute Gasteiger partial charge is 0.228 e. The van der Waals surface area contributed by atoms with Gasteiger partial charge in [-0.3, -0.25) is 9.59 Å². The van der Waals surface area contributed by atoms with Crippen LogP contribution in [0, 0.1) is 5.92 Å². The number of hydrogen-bond donors (Lipinski definition) is 0. The van der Waals surface area contributed by atoms with Crippen LogP contribution < -0.4 is 9.64 Å². The minimum absolute atomic E-state index is 0.0807. The monoisotopic (exact) mass is 375 g/mol. The zero-order chi connectivity index (χ0) is 19.2. The van der Waals surface area contributed by atoms with Crippen LogP contribution in [-0.2, 0) is 14.3 Å². The van der Waals surface area contributed by atoms with Gasteiger partial charge in [0.2, 0.25) is 11.8 Å². The normalized spacial score (nSPS) is 20.3. The summed E-state index contributed by atoms with van der Waals surface area (Å²) in [6.45, 7) is 4.71. The molecule has 0 N–H and O–H groups in total. The van der Waals surface area contributed by atoms with Crippen molar-refractivity contribution in [1.82, 2.24) is 9.80 Å². The maximum absolute atomic E-state index is 12.9. The van der Waals surface area contributed by atoms with Gasteiger partial charge in [0.1, 0.15) is 5.75 Å². The van der Waals surface area contributed by atoms with E-state index in [0.29, 0.717) is 39.2 Å². The molecule has 2 heterocycles. The third kappa shape index (κ3) is 4.53. The lowest BCUT2D eigenvalue weighted by molar-refractivity contribution is -0.136. The number of carbonyl (C=O) groups excluding carboxylic acids is 2. The molecule has 7 nitrogen and oxygen atoms in total. The van der Waals surface area contributed by atoms with Crippen LogP contribution in [0.5, 0.6) is 5.75 Å². The number of hydrogen-bond acceptors (Lipinski definition) is 5. The van der Waals surface area contributed by atoms with Crippen molar-refractivity contribution in [2.24, 2.45) is 5.92 Å². The Morgan fingerprint density at radius 3 is 2.59 bits per heavy atom. The van der Waals surface area contributed by atoms with Gasteiger partial charge in [-0.25, -0.2) is 0 Å². The average Bonchev–Trinajstić information content (AvgIpc) is 3.08. The summed E-state index contributed by atoms with van der Waals surface area (Å²) in [7, 11) is 3.33. The summed E-state index contributed by atoms with van der Waals surface area (Å²) in [5.74, 6) is 0.831. The van der Waals surface area contributed by atoms with Crippen LogP contribution in [0.3, 0.4) is 0 Å². The van der Waals surface area contributed by atoms with E-state index in [4.69, 9.17) is 9.47 Å². The molecular weight excluding hydrogens is 346 g/mol. The second-order valence-electron chi connectivity index (χ2n) is 7.07. The summed E-state index contributed by atoms with van der Waals surface area (Å²) >= 11 is 0. The molecule has 2 saturated heterocycles. The van der Waals surface area contributed by atoms with Crippen molar-refractivity contribution in [1.29, 1.82) is 0 Å². The van der Waals surface area contributed by atoms with Crippen LogP contribution >= 0.6 is 0 Å². The Bertz CT molecular complexity index is 658. The van der Waals surface area contributed by atoms with Gasteiger partial charge in [-0.15, -0.1) is 0 Å². The maximum Gasteiger partial charge on any atom is 0.228 e. The molecule has 0 radical (unpaired) electrons. The Labute approximate surface area is 160 Å². The molecule has 27 heavy (non-hydrogen) atoms. The van der Waals surface area contributed by atoms with E-state index in [-0.39, 0.29) is 17.7 Å². The van der Waals surface area contributed by atoms with E-state index in [9.17, 15) is 9.59 Å². The number of ether oxygens (including phenoxy) is 2. The lowest BCUT2D eigenvalue weighted by atomic mass is 10.1. The summed E-state index contributed by atoms with van der Waals surface area (Å²) in [4.78, 5) is 31.0. The molecule has 7 heteroatoms. The topological polar surface area (TPSA) is 62.3 Å². The Hall–Kier alpha value is -2.28. The summed E-state index contributed by atoms with van der Waals surface area (Å²) in [5.41, 5.74) is 1.06. The Balaban J connectivity index is 1.52. The number of rotatable bonds is 7. The van der Waals surface area contributed by atoms with E-state index in [1.165, 1.54) is 0 Å².